The molecular formula is C10H8BrF2N. The highest BCUT2D eigenvalue weighted by Crippen LogP contribution is 2.24. The van der Waals surface area contributed by atoms with Crippen molar-refractivity contribution in [1.29, 1.82) is 5.26 Å². The normalized spacial score (nSPS) is 10.2. The lowest BCUT2D eigenvalue weighted by Gasteiger charge is -2.04. The highest BCUT2D eigenvalue weighted by atomic mass is 79.9. The predicted octanol–water partition coefficient (Wildman–Crippen LogP) is 3.84. The summed E-state index contributed by atoms with van der Waals surface area (Å²) in [4.78, 5) is 0. The Morgan fingerprint density at radius 2 is 2.07 bits per heavy atom. The second-order valence-electron chi connectivity index (χ2n) is 2.85. The summed E-state index contributed by atoms with van der Waals surface area (Å²) in [6.07, 6.45) is -1.61. The van der Waals surface area contributed by atoms with Crippen LogP contribution >= 0.6 is 15.9 Å². The number of aryl methyl sites for hydroxylation is 1. The van der Waals surface area contributed by atoms with Crippen molar-refractivity contribution in [3.63, 3.8) is 0 Å². The first kappa shape index (κ1) is 11.1. The summed E-state index contributed by atoms with van der Waals surface area (Å²) < 4.78 is 25.4. The van der Waals surface area contributed by atoms with Gasteiger partial charge in [0.15, 0.2) is 0 Å². The molecule has 0 aliphatic rings. The van der Waals surface area contributed by atoms with Crippen LogP contribution in [0.25, 0.3) is 0 Å². The molecule has 0 saturated heterocycles. The maximum atomic E-state index is 12.4. The summed E-state index contributed by atoms with van der Waals surface area (Å²) in [5.74, 6) is 0. The van der Waals surface area contributed by atoms with Crippen molar-refractivity contribution in [3.8, 4) is 6.07 Å². The lowest BCUT2D eigenvalue weighted by atomic mass is 10.1. The zero-order valence-corrected chi connectivity index (χ0v) is 8.89. The number of alkyl halides is 2. The molecule has 0 aliphatic heterocycles. The Morgan fingerprint density at radius 3 is 2.64 bits per heavy atom. The molecule has 0 saturated carbocycles. The van der Waals surface area contributed by atoms with Crippen LogP contribution < -0.4 is 0 Å². The van der Waals surface area contributed by atoms with E-state index in [1.54, 1.807) is 6.07 Å². The molecule has 1 nitrogen and oxygen atoms in total. The minimum absolute atomic E-state index is 0.00712. The lowest BCUT2D eigenvalue weighted by Crippen LogP contribution is -1.90. The highest BCUT2D eigenvalue weighted by molar-refractivity contribution is 9.10. The number of halogens is 3. The Bertz CT molecular complexity index is 358. The average molecular weight is 260 g/mol. The SMILES string of the molecule is N#CCCc1cc(Br)cc(C(F)F)c1. The zero-order chi connectivity index (χ0) is 10.6. The molecule has 0 aliphatic carbocycles. The van der Waals surface area contributed by atoms with Gasteiger partial charge in [-0.25, -0.2) is 8.78 Å². The van der Waals surface area contributed by atoms with Gasteiger partial charge in [-0.1, -0.05) is 22.0 Å². The molecule has 1 aromatic rings. The van der Waals surface area contributed by atoms with Crippen LogP contribution in [0, 0.1) is 11.3 Å². The Kier molecular flexibility index (Phi) is 4.02. The second kappa shape index (κ2) is 5.06. The van der Waals surface area contributed by atoms with Gasteiger partial charge >= 0.3 is 0 Å². The van der Waals surface area contributed by atoms with Gasteiger partial charge in [0, 0.05) is 16.5 Å². The van der Waals surface area contributed by atoms with E-state index < -0.39 is 6.43 Å². The fourth-order valence-electron chi connectivity index (χ4n) is 1.15. The first-order valence-corrected chi connectivity index (χ1v) is 4.87. The lowest BCUT2D eigenvalue weighted by molar-refractivity contribution is 0.151. The summed E-state index contributed by atoms with van der Waals surface area (Å²) in [5, 5.41) is 8.37. The molecule has 0 amide bonds. The molecule has 4 heteroatoms. The fourth-order valence-corrected chi connectivity index (χ4v) is 1.70. The van der Waals surface area contributed by atoms with Gasteiger partial charge in [-0.15, -0.1) is 0 Å². The molecule has 0 unspecified atom stereocenters. The van der Waals surface area contributed by atoms with Crippen LogP contribution in [-0.2, 0) is 6.42 Å². The number of nitriles is 1. The first-order valence-electron chi connectivity index (χ1n) is 4.08. The van der Waals surface area contributed by atoms with Crippen molar-refractivity contribution < 1.29 is 8.78 Å². The molecule has 1 aromatic carbocycles. The molecular weight excluding hydrogens is 252 g/mol. The maximum absolute atomic E-state index is 12.4. The third-order valence-corrected chi connectivity index (χ3v) is 2.22. The summed E-state index contributed by atoms with van der Waals surface area (Å²) in [6, 6.07) is 6.56. The minimum atomic E-state index is -2.46. The van der Waals surface area contributed by atoms with Crippen molar-refractivity contribution in [2.75, 3.05) is 0 Å². The standard InChI is InChI=1S/C10H8BrF2N/c11-9-5-7(2-1-3-14)4-8(6-9)10(12)13/h4-6,10H,1-2H2. The van der Waals surface area contributed by atoms with Gasteiger partial charge < -0.3 is 0 Å². The number of benzene rings is 1. The van der Waals surface area contributed by atoms with E-state index in [-0.39, 0.29) is 5.56 Å². The van der Waals surface area contributed by atoms with Crippen molar-refractivity contribution in [1.82, 2.24) is 0 Å². The zero-order valence-electron chi connectivity index (χ0n) is 7.30. The van der Waals surface area contributed by atoms with E-state index in [0.717, 1.165) is 5.56 Å². The highest BCUT2D eigenvalue weighted by Gasteiger charge is 2.08. The topological polar surface area (TPSA) is 23.8 Å². The van der Waals surface area contributed by atoms with Crippen molar-refractivity contribution in [2.24, 2.45) is 0 Å². The molecule has 0 bridgehead atoms. The van der Waals surface area contributed by atoms with E-state index in [4.69, 9.17) is 5.26 Å². The molecule has 0 radical (unpaired) electrons. The van der Waals surface area contributed by atoms with Gasteiger partial charge in [-0.05, 0) is 24.1 Å². The molecule has 0 spiro atoms. The first-order chi connectivity index (χ1) is 6.63. The van der Waals surface area contributed by atoms with E-state index in [2.05, 4.69) is 15.9 Å². The van der Waals surface area contributed by atoms with Gasteiger partial charge in [0.1, 0.15) is 0 Å². The van der Waals surface area contributed by atoms with Crippen LogP contribution in [0.5, 0.6) is 0 Å². The van der Waals surface area contributed by atoms with Crippen LogP contribution in [0.3, 0.4) is 0 Å². The second-order valence-corrected chi connectivity index (χ2v) is 3.77. The van der Waals surface area contributed by atoms with E-state index in [1.165, 1.54) is 12.1 Å². The minimum Gasteiger partial charge on any atom is -0.205 e. The Balaban J connectivity index is 2.90. The van der Waals surface area contributed by atoms with Crippen molar-refractivity contribution in [3.05, 3.63) is 33.8 Å². The third-order valence-electron chi connectivity index (χ3n) is 1.76. The van der Waals surface area contributed by atoms with Crippen LogP contribution in [0.4, 0.5) is 8.78 Å². The Morgan fingerprint density at radius 1 is 1.36 bits per heavy atom. The maximum Gasteiger partial charge on any atom is 0.263 e. The average Bonchev–Trinajstić information content (AvgIpc) is 2.14. The third kappa shape index (κ3) is 3.08. The van der Waals surface area contributed by atoms with Crippen molar-refractivity contribution >= 4 is 15.9 Å². The van der Waals surface area contributed by atoms with E-state index in [9.17, 15) is 8.78 Å². The predicted molar refractivity (Wildman–Crippen MR) is 53.0 cm³/mol. The smallest absolute Gasteiger partial charge is 0.205 e. The molecule has 74 valence electrons. The summed E-state index contributed by atoms with van der Waals surface area (Å²) >= 11 is 3.16. The van der Waals surface area contributed by atoms with Crippen molar-refractivity contribution in [2.45, 2.75) is 19.3 Å². The van der Waals surface area contributed by atoms with Gasteiger partial charge in [0.2, 0.25) is 0 Å². The number of hydrogen-bond donors (Lipinski definition) is 0. The summed E-state index contributed by atoms with van der Waals surface area (Å²) in [6.45, 7) is 0. The van der Waals surface area contributed by atoms with Gasteiger partial charge in [-0.2, -0.15) is 5.26 Å². The number of nitrogens with zero attached hydrogens (tertiary/aromatic N) is 1. The molecule has 0 N–H and O–H groups in total. The molecule has 0 heterocycles. The van der Waals surface area contributed by atoms with Crippen LogP contribution in [0.15, 0.2) is 22.7 Å². The molecule has 14 heavy (non-hydrogen) atoms. The monoisotopic (exact) mass is 259 g/mol. The Hall–Kier alpha value is -0.950. The largest absolute Gasteiger partial charge is 0.263 e. The molecule has 0 aromatic heterocycles. The molecule has 0 atom stereocenters. The van der Waals surface area contributed by atoms with Crippen LogP contribution in [0.1, 0.15) is 24.0 Å². The van der Waals surface area contributed by atoms with Gasteiger partial charge in [0.05, 0.1) is 6.07 Å². The van der Waals surface area contributed by atoms with E-state index >= 15 is 0 Å². The van der Waals surface area contributed by atoms with Gasteiger partial charge in [-0.3, -0.25) is 0 Å². The van der Waals surface area contributed by atoms with E-state index in [1.807, 2.05) is 6.07 Å². The van der Waals surface area contributed by atoms with Crippen LogP contribution in [0.2, 0.25) is 0 Å². The van der Waals surface area contributed by atoms with E-state index in [0.29, 0.717) is 17.3 Å². The fraction of sp³-hybridized carbons (Fsp3) is 0.300. The van der Waals surface area contributed by atoms with Gasteiger partial charge in [0.25, 0.3) is 6.43 Å². The summed E-state index contributed by atoms with van der Waals surface area (Å²) in [7, 11) is 0. The van der Waals surface area contributed by atoms with Crippen LogP contribution in [-0.4, -0.2) is 0 Å². The molecule has 1 rings (SSSR count). The number of hydrogen-bond acceptors (Lipinski definition) is 1. The quantitative estimate of drug-likeness (QED) is 0.809. The Labute approximate surface area is 89.5 Å². The summed E-state index contributed by atoms with van der Waals surface area (Å²) in [5.41, 5.74) is 0.753. The number of rotatable bonds is 3. The molecule has 0 fully saturated rings.